The number of aromatic amines is 1. The molecule has 7 heteroatoms. The van der Waals surface area contributed by atoms with Crippen molar-refractivity contribution < 1.29 is 0 Å². The molecule has 2 heterocycles. The number of imidazole rings is 1. The molecule has 0 saturated heterocycles. The third kappa shape index (κ3) is 3.77. The van der Waals surface area contributed by atoms with Crippen LogP contribution in [0.3, 0.4) is 0 Å². The second kappa shape index (κ2) is 7.53. The van der Waals surface area contributed by atoms with E-state index in [0.29, 0.717) is 23.6 Å². The Morgan fingerprint density at radius 2 is 2.04 bits per heavy atom. The van der Waals surface area contributed by atoms with Gasteiger partial charge in [0.2, 0.25) is 0 Å². The highest BCUT2D eigenvalue weighted by atomic mass is 32.2. The van der Waals surface area contributed by atoms with Crippen LogP contribution in [-0.2, 0) is 19.3 Å². The van der Waals surface area contributed by atoms with Gasteiger partial charge in [-0.2, -0.15) is 0 Å². The summed E-state index contributed by atoms with van der Waals surface area (Å²) in [7, 11) is 1.63. The van der Waals surface area contributed by atoms with E-state index in [1.54, 1.807) is 18.8 Å². The van der Waals surface area contributed by atoms with Crippen molar-refractivity contribution in [2.45, 2.75) is 44.6 Å². The highest BCUT2D eigenvalue weighted by molar-refractivity contribution is 7.98. The first-order chi connectivity index (χ1) is 12.4. The Morgan fingerprint density at radius 1 is 1.27 bits per heavy atom. The zero-order valence-corrected chi connectivity index (χ0v) is 16.4. The summed E-state index contributed by atoms with van der Waals surface area (Å²) in [6.07, 6.45) is 0.936. The molecule has 1 aromatic carbocycles. The molecule has 0 amide bonds. The summed E-state index contributed by atoms with van der Waals surface area (Å²) in [5.41, 5.74) is 2.53. The smallest absolute Gasteiger partial charge is 0.313 e. The molecule has 0 bridgehead atoms. The molecule has 1 N–H and O–H groups in total. The highest BCUT2D eigenvalue weighted by Gasteiger charge is 2.17. The molecule has 0 aliphatic rings. The number of rotatable bonds is 6. The zero-order valence-electron chi connectivity index (χ0n) is 15.6. The number of aryl methyl sites for hydroxylation is 3. The van der Waals surface area contributed by atoms with Crippen molar-refractivity contribution in [3.63, 3.8) is 0 Å². The minimum atomic E-state index is -0.439. The predicted octanol–water partition coefficient (Wildman–Crippen LogP) is 3.07. The summed E-state index contributed by atoms with van der Waals surface area (Å²) in [4.78, 5) is 31.3. The first-order valence-corrected chi connectivity index (χ1v) is 9.73. The van der Waals surface area contributed by atoms with Crippen molar-refractivity contribution in [2.75, 3.05) is 0 Å². The number of thioether (sulfide) groups is 1. The van der Waals surface area contributed by atoms with Crippen LogP contribution in [0.5, 0.6) is 0 Å². The topological polar surface area (TPSA) is 72.7 Å². The summed E-state index contributed by atoms with van der Waals surface area (Å²) in [6.45, 7) is 7.07. The average Bonchev–Trinajstić information content (AvgIpc) is 2.95. The van der Waals surface area contributed by atoms with Crippen LogP contribution in [0.15, 0.2) is 39.0 Å². The first kappa shape index (κ1) is 18.5. The molecular weight excluding hydrogens is 348 g/mol. The number of benzene rings is 1. The minimum Gasteiger partial charge on any atom is -0.313 e. The van der Waals surface area contributed by atoms with E-state index in [-0.39, 0.29) is 5.56 Å². The molecule has 138 valence electrons. The quantitative estimate of drug-likeness (QED) is 0.675. The largest absolute Gasteiger partial charge is 0.329 e. The Hall–Kier alpha value is -2.28. The monoisotopic (exact) mass is 372 g/mol. The summed E-state index contributed by atoms with van der Waals surface area (Å²) in [5.74, 6) is 1.27. The van der Waals surface area contributed by atoms with Crippen LogP contribution < -0.4 is 11.2 Å². The van der Waals surface area contributed by atoms with Crippen molar-refractivity contribution in [3.8, 4) is 0 Å². The third-order valence-corrected chi connectivity index (χ3v) is 5.40. The van der Waals surface area contributed by atoms with Gasteiger partial charge in [-0.1, -0.05) is 55.4 Å². The van der Waals surface area contributed by atoms with Crippen LogP contribution in [0.2, 0.25) is 0 Å². The van der Waals surface area contributed by atoms with Gasteiger partial charge in [0.05, 0.1) is 0 Å². The number of fused-ring (bicyclic) bond motifs is 1. The fraction of sp³-hybridized carbons (Fsp3) is 0.421. The van der Waals surface area contributed by atoms with E-state index in [0.717, 1.165) is 17.3 Å². The van der Waals surface area contributed by atoms with Gasteiger partial charge in [0.1, 0.15) is 0 Å². The van der Waals surface area contributed by atoms with Gasteiger partial charge >= 0.3 is 5.69 Å². The summed E-state index contributed by atoms with van der Waals surface area (Å²) < 4.78 is 3.35. The molecular formula is C19H24N4O2S. The molecule has 3 aromatic rings. The van der Waals surface area contributed by atoms with Crippen molar-refractivity contribution in [1.82, 2.24) is 19.1 Å². The van der Waals surface area contributed by atoms with Gasteiger partial charge in [-0.15, -0.1) is 0 Å². The van der Waals surface area contributed by atoms with Gasteiger partial charge in [0.15, 0.2) is 16.3 Å². The normalized spacial score (nSPS) is 11.6. The molecule has 0 spiro atoms. The van der Waals surface area contributed by atoms with Crippen LogP contribution in [-0.4, -0.2) is 19.1 Å². The van der Waals surface area contributed by atoms with Gasteiger partial charge in [-0.25, -0.2) is 9.78 Å². The second-order valence-electron chi connectivity index (χ2n) is 7.00. The van der Waals surface area contributed by atoms with Crippen molar-refractivity contribution in [3.05, 3.63) is 56.2 Å². The SMILES string of the molecule is Cc1cccc(CSc2nc3c(c(=O)[nH]c(=O)n3C)n2CCC(C)C)c1. The van der Waals surface area contributed by atoms with Crippen molar-refractivity contribution >= 4 is 22.9 Å². The first-order valence-electron chi connectivity index (χ1n) is 8.74. The number of nitrogens with zero attached hydrogens (tertiary/aromatic N) is 3. The maximum Gasteiger partial charge on any atom is 0.329 e. The Kier molecular flexibility index (Phi) is 5.36. The van der Waals surface area contributed by atoms with E-state index in [1.165, 1.54) is 15.7 Å². The molecule has 0 radical (unpaired) electrons. The highest BCUT2D eigenvalue weighted by Crippen LogP contribution is 2.26. The second-order valence-corrected chi connectivity index (χ2v) is 7.94. The lowest BCUT2D eigenvalue weighted by atomic mass is 10.1. The molecule has 2 aromatic heterocycles. The van der Waals surface area contributed by atoms with Gasteiger partial charge in [-0.3, -0.25) is 14.3 Å². The molecule has 0 saturated carbocycles. The predicted molar refractivity (Wildman–Crippen MR) is 106 cm³/mol. The van der Waals surface area contributed by atoms with E-state index in [9.17, 15) is 9.59 Å². The third-order valence-electron chi connectivity index (χ3n) is 4.35. The molecule has 0 atom stereocenters. The van der Waals surface area contributed by atoms with Gasteiger partial charge < -0.3 is 4.57 Å². The van der Waals surface area contributed by atoms with Crippen LogP contribution >= 0.6 is 11.8 Å². The van der Waals surface area contributed by atoms with Gasteiger partial charge in [0, 0.05) is 19.3 Å². The molecule has 0 aliphatic heterocycles. The lowest BCUT2D eigenvalue weighted by Gasteiger charge is -2.10. The fourth-order valence-corrected chi connectivity index (χ4v) is 3.83. The van der Waals surface area contributed by atoms with E-state index < -0.39 is 5.69 Å². The minimum absolute atomic E-state index is 0.373. The number of H-pyrrole nitrogens is 1. The summed E-state index contributed by atoms with van der Waals surface area (Å²) in [5, 5.41) is 0.772. The molecule has 6 nitrogen and oxygen atoms in total. The van der Waals surface area contributed by atoms with Crippen molar-refractivity contribution in [2.24, 2.45) is 13.0 Å². The Balaban J connectivity index is 2.03. The maximum atomic E-state index is 12.4. The van der Waals surface area contributed by atoms with E-state index in [1.807, 2.05) is 10.6 Å². The van der Waals surface area contributed by atoms with Gasteiger partial charge in [0.25, 0.3) is 5.56 Å². The number of nitrogens with one attached hydrogen (secondary N) is 1. The number of hydrogen-bond acceptors (Lipinski definition) is 4. The Labute approximate surface area is 156 Å². The fourth-order valence-electron chi connectivity index (χ4n) is 2.87. The molecule has 26 heavy (non-hydrogen) atoms. The number of aromatic nitrogens is 4. The van der Waals surface area contributed by atoms with Crippen LogP contribution in [0.1, 0.15) is 31.4 Å². The average molecular weight is 372 g/mol. The zero-order chi connectivity index (χ0) is 18.8. The van der Waals surface area contributed by atoms with E-state index in [2.05, 4.69) is 48.9 Å². The maximum absolute atomic E-state index is 12.4. The molecule has 0 aliphatic carbocycles. The Morgan fingerprint density at radius 3 is 2.73 bits per heavy atom. The van der Waals surface area contributed by atoms with Crippen LogP contribution in [0.4, 0.5) is 0 Å². The van der Waals surface area contributed by atoms with E-state index >= 15 is 0 Å². The summed E-state index contributed by atoms with van der Waals surface area (Å²) >= 11 is 1.59. The van der Waals surface area contributed by atoms with Gasteiger partial charge in [-0.05, 0) is 24.8 Å². The molecule has 0 unspecified atom stereocenters. The van der Waals surface area contributed by atoms with Crippen molar-refractivity contribution in [1.29, 1.82) is 0 Å². The molecule has 3 rings (SSSR count). The summed E-state index contributed by atoms with van der Waals surface area (Å²) in [6, 6.07) is 8.35. The lowest BCUT2D eigenvalue weighted by molar-refractivity contribution is 0.503. The number of hydrogen-bond donors (Lipinski definition) is 1. The van der Waals surface area contributed by atoms with E-state index in [4.69, 9.17) is 0 Å². The standard InChI is InChI=1S/C19H24N4O2S/c1-12(2)8-9-23-15-16(22(4)18(25)21-17(15)24)20-19(23)26-11-14-7-5-6-13(3)10-14/h5-7,10,12H,8-9,11H2,1-4H3,(H,21,24,25). The lowest BCUT2D eigenvalue weighted by Crippen LogP contribution is -2.29. The van der Waals surface area contributed by atoms with Crippen LogP contribution in [0, 0.1) is 12.8 Å². The Bertz CT molecular complexity index is 1050. The molecule has 0 fully saturated rings. The van der Waals surface area contributed by atoms with Crippen LogP contribution in [0.25, 0.3) is 11.2 Å².